The molecule has 3 aromatic rings. The van der Waals surface area contributed by atoms with E-state index in [-0.39, 0.29) is 6.42 Å². The number of aliphatic carboxylic acids is 1. The lowest BCUT2D eigenvalue weighted by Gasteiger charge is -2.24. The molecule has 4 rings (SSSR count). The Morgan fingerprint density at radius 1 is 1.00 bits per heavy atom. The summed E-state index contributed by atoms with van der Waals surface area (Å²) in [4.78, 5) is 26.2. The molecule has 0 aromatic heterocycles. The summed E-state index contributed by atoms with van der Waals surface area (Å²) in [5.74, 6) is -1.86. The van der Waals surface area contributed by atoms with Crippen LogP contribution in [-0.4, -0.2) is 63.7 Å². The molecule has 40 heavy (non-hydrogen) atoms. The van der Waals surface area contributed by atoms with Crippen LogP contribution in [0.25, 0.3) is 11.3 Å². The summed E-state index contributed by atoms with van der Waals surface area (Å²) < 4.78 is 40.2. The highest BCUT2D eigenvalue weighted by Crippen LogP contribution is 2.38. The van der Waals surface area contributed by atoms with Gasteiger partial charge in [-0.25, -0.2) is 12.8 Å². The Kier molecular flexibility index (Phi) is 8.55. The van der Waals surface area contributed by atoms with Crippen LogP contribution in [0.4, 0.5) is 21.5 Å². The van der Waals surface area contributed by atoms with Gasteiger partial charge in [0.1, 0.15) is 5.82 Å². The number of carboxylic acid groups (broad SMARTS) is 1. The van der Waals surface area contributed by atoms with Gasteiger partial charge in [-0.05, 0) is 80.7 Å². The first-order chi connectivity index (χ1) is 18.9. The first kappa shape index (κ1) is 28.8. The Hall–Kier alpha value is -4.22. The lowest BCUT2D eigenvalue weighted by molar-refractivity contribution is -0.136. The standard InChI is InChI=1S/C29H31FN4O5S/c1-33(2)15-4-16-34(40(3,38)39)23-12-10-22(11-13-23)31-28(20-7-5-19(6-8-20)17-26(35)36)27-24-14-9-21(30)18-25(24)32-29(27)37/h5-14,18,31H,4,15-17H2,1-3H3,(H,32,37)(H,35,36). The van der Waals surface area contributed by atoms with Crippen molar-refractivity contribution >= 4 is 50.2 Å². The van der Waals surface area contributed by atoms with Crippen LogP contribution in [-0.2, 0) is 26.0 Å². The number of carboxylic acids is 1. The average Bonchev–Trinajstić information content (AvgIpc) is 3.19. The first-order valence-electron chi connectivity index (χ1n) is 12.6. The van der Waals surface area contributed by atoms with Gasteiger partial charge < -0.3 is 20.6 Å². The van der Waals surface area contributed by atoms with E-state index in [1.807, 2.05) is 19.0 Å². The molecular formula is C29H31FN4O5S. The van der Waals surface area contributed by atoms with E-state index < -0.39 is 27.7 Å². The van der Waals surface area contributed by atoms with E-state index in [4.69, 9.17) is 5.11 Å². The maximum absolute atomic E-state index is 13.9. The molecule has 0 atom stereocenters. The fraction of sp³-hybridized carbons (Fsp3) is 0.241. The Morgan fingerprint density at radius 2 is 1.68 bits per heavy atom. The van der Waals surface area contributed by atoms with Gasteiger partial charge in [0.25, 0.3) is 5.91 Å². The minimum Gasteiger partial charge on any atom is -0.481 e. The third kappa shape index (κ3) is 6.85. The van der Waals surface area contributed by atoms with Crippen molar-refractivity contribution in [1.82, 2.24) is 4.90 Å². The van der Waals surface area contributed by atoms with Gasteiger partial charge in [0.2, 0.25) is 10.0 Å². The number of halogens is 1. The Bertz CT molecular complexity index is 1550. The maximum atomic E-state index is 13.9. The van der Waals surface area contributed by atoms with Gasteiger partial charge in [-0.15, -0.1) is 0 Å². The molecule has 210 valence electrons. The summed E-state index contributed by atoms with van der Waals surface area (Å²) in [6.07, 6.45) is 1.68. The van der Waals surface area contributed by atoms with E-state index in [1.165, 1.54) is 28.8 Å². The predicted octanol–water partition coefficient (Wildman–Crippen LogP) is 4.10. The fourth-order valence-corrected chi connectivity index (χ4v) is 5.47. The number of anilines is 3. The molecule has 1 amide bonds. The number of nitrogens with one attached hydrogen (secondary N) is 2. The summed E-state index contributed by atoms with van der Waals surface area (Å²) in [5, 5.41) is 15.1. The number of hydrogen-bond acceptors (Lipinski definition) is 6. The van der Waals surface area contributed by atoms with Crippen LogP contribution in [0.2, 0.25) is 0 Å². The van der Waals surface area contributed by atoms with Gasteiger partial charge in [0, 0.05) is 17.8 Å². The van der Waals surface area contributed by atoms with Crippen molar-refractivity contribution in [3.63, 3.8) is 0 Å². The molecule has 3 N–H and O–H groups in total. The van der Waals surface area contributed by atoms with E-state index in [0.29, 0.717) is 58.0 Å². The van der Waals surface area contributed by atoms with Crippen LogP contribution in [0.3, 0.4) is 0 Å². The lowest BCUT2D eigenvalue weighted by atomic mass is 9.98. The molecule has 1 aliphatic rings. The van der Waals surface area contributed by atoms with Crippen molar-refractivity contribution in [2.24, 2.45) is 0 Å². The quantitative estimate of drug-likeness (QED) is 0.299. The molecule has 0 unspecified atom stereocenters. The normalized spacial score (nSPS) is 14.1. The Labute approximate surface area is 233 Å². The summed E-state index contributed by atoms with van der Waals surface area (Å²) >= 11 is 0. The smallest absolute Gasteiger partial charge is 0.307 e. The van der Waals surface area contributed by atoms with Crippen LogP contribution < -0.4 is 14.9 Å². The Morgan fingerprint density at radius 3 is 2.27 bits per heavy atom. The maximum Gasteiger partial charge on any atom is 0.307 e. The third-order valence-electron chi connectivity index (χ3n) is 6.37. The monoisotopic (exact) mass is 566 g/mol. The van der Waals surface area contributed by atoms with Crippen molar-refractivity contribution in [1.29, 1.82) is 0 Å². The molecule has 0 spiro atoms. The van der Waals surface area contributed by atoms with E-state index in [2.05, 4.69) is 10.6 Å². The number of rotatable bonds is 11. The third-order valence-corrected chi connectivity index (χ3v) is 7.56. The van der Waals surface area contributed by atoms with Crippen LogP contribution in [0.5, 0.6) is 0 Å². The number of hydrogen-bond donors (Lipinski definition) is 3. The van der Waals surface area contributed by atoms with Gasteiger partial charge in [-0.3, -0.25) is 13.9 Å². The van der Waals surface area contributed by atoms with E-state index in [9.17, 15) is 22.4 Å². The second-order valence-electron chi connectivity index (χ2n) is 9.83. The second-order valence-corrected chi connectivity index (χ2v) is 11.7. The molecule has 1 heterocycles. The van der Waals surface area contributed by atoms with Crippen LogP contribution >= 0.6 is 0 Å². The molecule has 0 radical (unpaired) electrons. The highest BCUT2D eigenvalue weighted by molar-refractivity contribution is 7.92. The number of fused-ring (bicyclic) bond motifs is 1. The molecule has 0 aliphatic carbocycles. The minimum absolute atomic E-state index is 0.144. The molecule has 0 bridgehead atoms. The molecule has 11 heteroatoms. The van der Waals surface area contributed by atoms with Crippen LogP contribution in [0.15, 0.2) is 66.7 Å². The number of amides is 1. The summed E-state index contributed by atoms with van der Waals surface area (Å²) in [6.45, 7) is 1.07. The zero-order valence-corrected chi connectivity index (χ0v) is 23.3. The highest BCUT2D eigenvalue weighted by Gasteiger charge is 2.29. The van der Waals surface area contributed by atoms with E-state index in [0.717, 1.165) is 6.54 Å². The summed E-state index contributed by atoms with van der Waals surface area (Å²) in [6, 6.07) is 17.6. The van der Waals surface area contributed by atoms with Crippen LogP contribution in [0.1, 0.15) is 23.1 Å². The molecule has 1 aliphatic heterocycles. The molecule has 0 fully saturated rings. The second kappa shape index (κ2) is 11.9. The Balaban J connectivity index is 1.71. The van der Waals surface area contributed by atoms with Gasteiger partial charge in [0.15, 0.2) is 0 Å². The van der Waals surface area contributed by atoms with Crippen molar-refractivity contribution < 1.29 is 27.5 Å². The van der Waals surface area contributed by atoms with E-state index in [1.54, 1.807) is 48.5 Å². The zero-order chi connectivity index (χ0) is 29.0. The number of carbonyl (C=O) groups is 2. The largest absolute Gasteiger partial charge is 0.481 e. The highest BCUT2D eigenvalue weighted by atomic mass is 32.2. The van der Waals surface area contributed by atoms with Gasteiger partial charge in [0.05, 0.1) is 35.3 Å². The summed E-state index contributed by atoms with van der Waals surface area (Å²) in [7, 11) is 0.349. The summed E-state index contributed by atoms with van der Waals surface area (Å²) in [5.41, 5.74) is 3.91. The van der Waals surface area contributed by atoms with E-state index >= 15 is 0 Å². The fourth-order valence-electron chi connectivity index (χ4n) is 4.51. The number of benzene rings is 3. The zero-order valence-electron chi connectivity index (χ0n) is 22.4. The molecule has 0 saturated heterocycles. The van der Waals surface area contributed by atoms with Crippen molar-refractivity contribution in [2.75, 3.05) is 48.4 Å². The molecule has 0 saturated carbocycles. The average molecular weight is 567 g/mol. The number of carbonyl (C=O) groups excluding carboxylic acids is 1. The number of sulfonamides is 1. The van der Waals surface area contributed by atoms with Crippen molar-refractivity contribution in [2.45, 2.75) is 12.8 Å². The lowest BCUT2D eigenvalue weighted by Crippen LogP contribution is -2.32. The van der Waals surface area contributed by atoms with Gasteiger partial charge in [-0.1, -0.05) is 24.3 Å². The molecular weight excluding hydrogens is 535 g/mol. The first-order valence-corrected chi connectivity index (χ1v) is 14.4. The number of nitrogens with zero attached hydrogens (tertiary/aromatic N) is 2. The predicted molar refractivity (Wildman–Crippen MR) is 155 cm³/mol. The molecule has 9 nitrogen and oxygen atoms in total. The molecule has 3 aromatic carbocycles. The van der Waals surface area contributed by atoms with Crippen molar-refractivity contribution in [3.05, 3.63) is 89.2 Å². The van der Waals surface area contributed by atoms with Crippen molar-refractivity contribution in [3.8, 4) is 0 Å². The minimum atomic E-state index is -3.51. The van der Waals surface area contributed by atoms with Gasteiger partial charge in [-0.2, -0.15) is 0 Å². The topological polar surface area (TPSA) is 119 Å². The van der Waals surface area contributed by atoms with Gasteiger partial charge >= 0.3 is 5.97 Å². The SMILES string of the molecule is CN(C)CCCN(c1ccc(NC(=C2C(=O)Nc3cc(F)ccc32)c2ccc(CC(=O)O)cc2)cc1)S(C)(=O)=O. The van der Waals surface area contributed by atoms with Crippen LogP contribution in [0, 0.1) is 5.82 Å².